The number of hydrogen-bond donors (Lipinski definition) is 2. The second-order valence-corrected chi connectivity index (χ2v) is 5.32. The Morgan fingerprint density at radius 1 is 1.41 bits per heavy atom. The van der Waals surface area contributed by atoms with Gasteiger partial charge in [0.05, 0.1) is 5.75 Å². The predicted molar refractivity (Wildman–Crippen MR) is 59.3 cm³/mol. The summed E-state index contributed by atoms with van der Waals surface area (Å²) in [7, 11) is -3.75. The molecule has 0 aliphatic heterocycles. The molecule has 0 spiro atoms. The lowest BCUT2D eigenvalue weighted by Gasteiger charge is -2.10. The summed E-state index contributed by atoms with van der Waals surface area (Å²) in [5, 5.41) is 8.57. The number of benzene rings is 1. The molecule has 0 heterocycles. The van der Waals surface area contributed by atoms with Crippen molar-refractivity contribution in [3.8, 4) is 0 Å². The van der Waals surface area contributed by atoms with Crippen molar-refractivity contribution in [2.24, 2.45) is 0 Å². The maximum Gasteiger partial charge on any atom is 0.321 e. The monoisotopic (exact) mass is 261 g/mol. The van der Waals surface area contributed by atoms with Crippen molar-refractivity contribution in [1.82, 2.24) is 4.72 Å². The van der Waals surface area contributed by atoms with Crippen molar-refractivity contribution in [2.75, 3.05) is 0 Å². The molecule has 0 fully saturated rings. The lowest BCUT2D eigenvalue weighted by atomic mass is 10.2. The van der Waals surface area contributed by atoms with E-state index in [0.717, 1.165) is 12.1 Å². The number of carboxylic acid groups (broad SMARTS) is 1. The van der Waals surface area contributed by atoms with Gasteiger partial charge in [-0.2, -0.15) is 0 Å². The molecule has 0 aliphatic rings. The normalized spacial score (nSPS) is 13.3. The molecule has 0 bridgehead atoms. The van der Waals surface area contributed by atoms with Gasteiger partial charge in [0.2, 0.25) is 10.0 Å². The molecule has 0 radical (unpaired) electrons. The summed E-state index contributed by atoms with van der Waals surface area (Å²) >= 11 is 0. The van der Waals surface area contributed by atoms with E-state index in [1.54, 1.807) is 0 Å². The Labute approximate surface area is 98.3 Å². The van der Waals surface area contributed by atoms with Gasteiger partial charge in [-0.05, 0) is 24.6 Å². The quantitative estimate of drug-likeness (QED) is 0.818. The zero-order chi connectivity index (χ0) is 13.1. The van der Waals surface area contributed by atoms with Crippen LogP contribution in [0.25, 0.3) is 0 Å². The number of rotatable bonds is 5. The Balaban J connectivity index is 2.73. The van der Waals surface area contributed by atoms with E-state index in [9.17, 15) is 17.6 Å². The number of carboxylic acids is 1. The summed E-state index contributed by atoms with van der Waals surface area (Å²) in [6, 6.07) is 3.76. The average molecular weight is 261 g/mol. The third-order valence-electron chi connectivity index (χ3n) is 2.00. The maximum atomic E-state index is 12.6. The molecule has 5 nitrogen and oxygen atoms in total. The van der Waals surface area contributed by atoms with E-state index in [0.29, 0.717) is 5.56 Å². The first kappa shape index (κ1) is 13.6. The first-order chi connectivity index (χ1) is 7.80. The number of hydrogen-bond acceptors (Lipinski definition) is 3. The topological polar surface area (TPSA) is 83.5 Å². The molecule has 0 aliphatic carbocycles. The standard InChI is InChI=1S/C10H12FNO4S/c1-7(10(13)14)12-17(15,16)6-8-2-4-9(11)5-3-8/h2-5,7,12H,6H2,1H3,(H,13,14)/t7-/m0/s1. The van der Waals surface area contributed by atoms with Crippen LogP contribution in [0, 0.1) is 5.82 Å². The summed E-state index contributed by atoms with van der Waals surface area (Å²) in [4.78, 5) is 10.5. The van der Waals surface area contributed by atoms with Gasteiger partial charge in [-0.15, -0.1) is 0 Å². The fraction of sp³-hybridized carbons (Fsp3) is 0.300. The van der Waals surface area contributed by atoms with E-state index in [1.165, 1.54) is 19.1 Å². The summed E-state index contributed by atoms with van der Waals surface area (Å²) in [6.07, 6.45) is 0. The molecule has 17 heavy (non-hydrogen) atoms. The van der Waals surface area contributed by atoms with Crippen LogP contribution in [0.4, 0.5) is 4.39 Å². The van der Waals surface area contributed by atoms with E-state index >= 15 is 0 Å². The zero-order valence-electron chi connectivity index (χ0n) is 9.05. The minimum atomic E-state index is -3.75. The van der Waals surface area contributed by atoms with Crippen LogP contribution >= 0.6 is 0 Å². The third kappa shape index (κ3) is 4.49. The minimum absolute atomic E-state index is 0.384. The molecule has 1 rings (SSSR count). The van der Waals surface area contributed by atoms with Gasteiger partial charge >= 0.3 is 5.97 Å². The van der Waals surface area contributed by atoms with Crippen LogP contribution in [0.1, 0.15) is 12.5 Å². The Bertz CT molecular complexity index is 498. The molecular formula is C10H12FNO4S. The van der Waals surface area contributed by atoms with Gasteiger partial charge in [0, 0.05) is 0 Å². The Hall–Kier alpha value is -1.47. The molecule has 94 valence electrons. The van der Waals surface area contributed by atoms with Crippen LogP contribution in [0.3, 0.4) is 0 Å². The van der Waals surface area contributed by atoms with Crippen LogP contribution in [-0.2, 0) is 20.6 Å². The molecule has 1 aromatic rings. The first-order valence-corrected chi connectivity index (χ1v) is 6.42. The van der Waals surface area contributed by atoms with Crippen LogP contribution in [0.15, 0.2) is 24.3 Å². The van der Waals surface area contributed by atoms with E-state index in [4.69, 9.17) is 5.11 Å². The van der Waals surface area contributed by atoms with Crippen LogP contribution in [0.2, 0.25) is 0 Å². The van der Waals surface area contributed by atoms with Gasteiger partial charge in [0.25, 0.3) is 0 Å². The highest BCUT2D eigenvalue weighted by Gasteiger charge is 2.19. The molecule has 0 saturated heterocycles. The maximum absolute atomic E-state index is 12.6. The minimum Gasteiger partial charge on any atom is -0.480 e. The van der Waals surface area contributed by atoms with Gasteiger partial charge in [0.1, 0.15) is 11.9 Å². The van der Waals surface area contributed by atoms with Crippen molar-refractivity contribution >= 4 is 16.0 Å². The summed E-state index contributed by atoms with van der Waals surface area (Å²) in [5.74, 6) is -2.10. The molecule has 0 amide bonds. The lowest BCUT2D eigenvalue weighted by Crippen LogP contribution is -2.38. The number of halogens is 1. The second-order valence-electron chi connectivity index (χ2n) is 3.56. The number of nitrogens with one attached hydrogen (secondary N) is 1. The highest BCUT2D eigenvalue weighted by Crippen LogP contribution is 2.07. The molecule has 0 saturated carbocycles. The molecule has 0 unspecified atom stereocenters. The van der Waals surface area contributed by atoms with Crippen molar-refractivity contribution in [3.63, 3.8) is 0 Å². The van der Waals surface area contributed by atoms with E-state index in [-0.39, 0.29) is 5.75 Å². The third-order valence-corrected chi connectivity index (χ3v) is 3.42. The van der Waals surface area contributed by atoms with Crippen molar-refractivity contribution in [1.29, 1.82) is 0 Å². The highest BCUT2D eigenvalue weighted by molar-refractivity contribution is 7.88. The van der Waals surface area contributed by atoms with E-state index < -0.39 is 27.9 Å². The molecular weight excluding hydrogens is 249 g/mol. The summed E-state index contributed by atoms with van der Waals surface area (Å²) in [6.45, 7) is 1.23. The van der Waals surface area contributed by atoms with Crippen molar-refractivity contribution in [2.45, 2.75) is 18.7 Å². The zero-order valence-corrected chi connectivity index (χ0v) is 9.87. The van der Waals surface area contributed by atoms with Crippen LogP contribution in [-0.4, -0.2) is 25.5 Å². The molecule has 0 aromatic heterocycles. The fourth-order valence-corrected chi connectivity index (χ4v) is 2.52. The SMILES string of the molecule is C[C@H](NS(=O)(=O)Cc1ccc(F)cc1)C(=O)O. The van der Waals surface area contributed by atoms with Gasteiger partial charge in [0.15, 0.2) is 0 Å². The van der Waals surface area contributed by atoms with Crippen LogP contribution in [0.5, 0.6) is 0 Å². The average Bonchev–Trinajstić information content (AvgIpc) is 2.20. The number of carbonyl (C=O) groups is 1. The lowest BCUT2D eigenvalue weighted by molar-refractivity contribution is -0.138. The van der Waals surface area contributed by atoms with Crippen molar-refractivity contribution in [3.05, 3.63) is 35.6 Å². The van der Waals surface area contributed by atoms with Gasteiger partial charge < -0.3 is 5.11 Å². The van der Waals surface area contributed by atoms with E-state index in [2.05, 4.69) is 0 Å². The molecule has 1 atom stereocenters. The summed E-state index contributed by atoms with van der Waals surface area (Å²) in [5.41, 5.74) is 0.386. The Morgan fingerprint density at radius 3 is 2.41 bits per heavy atom. The van der Waals surface area contributed by atoms with Gasteiger partial charge in [-0.3, -0.25) is 4.79 Å². The summed E-state index contributed by atoms with van der Waals surface area (Å²) < 4.78 is 37.7. The Morgan fingerprint density at radius 2 is 1.94 bits per heavy atom. The van der Waals surface area contributed by atoms with Gasteiger partial charge in [-0.1, -0.05) is 12.1 Å². The second kappa shape index (κ2) is 5.24. The van der Waals surface area contributed by atoms with E-state index in [1.807, 2.05) is 4.72 Å². The number of sulfonamides is 1. The first-order valence-electron chi connectivity index (χ1n) is 4.77. The number of aliphatic carboxylic acids is 1. The largest absolute Gasteiger partial charge is 0.480 e. The highest BCUT2D eigenvalue weighted by atomic mass is 32.2. The molecule has 2 N–H and O–H groups in total. The smallest absolute Gasteiger partial charge is 0.321 e. The predicted octanol–water partition coefficient (Wildman–Crippen LogP) is 0.718. The van der Waals surface area contributed by atoms with Gasteiger partial charge in [-0.25, -0.2) is 17.5 Å². The fourth-order valence-electron chi connectivity index (χ4n) is 1.16. The van der Waals surface area contributed by atoms with Crippen molar-refractivity contribution < 1.29 is 22.7 Å². The van der Waals surface area contributed by atoms with Crippen LogP contribution < -0.4 is 4.72 Å². The molecule has 7 heteroatoms. The molecule has 1 aromatic carbocycles. The Kier molecular flexibility index (Phi) is 4.19.